The molecule has 0 spiro atoms. The molecule has 1 aliphatic rings. The summed E-state index contributed by atoms with van der Waals surface area (Å²) < 4.78 is 7.03. The number of hydrogen-bond donors (Lipinski definition) is 0. The maximum Gasteiger partial charge on any atom is 0.0902 e. The van der Waals surface area contributed by atoms with Crippen LogP contribution in [0.4, 0.5) is 0 Å². The fraction of sp³-hybridized carbons (Fsp3) is 0.444. The average Bonchev–Trinajstić information content (AvgIpc) is 2.47. The summed E-state index contributed by atoms with van der Waals surface area (Å²) in [4.78, 5) is 0. The molecule has 0 atom stereocenters. The van der Waals surface area contributed by atoms with Crippen LogP contribution in [-0.4, -0.2) is 16.9 Å². The Morgan fingerprint density at radius 3 is 3.33 bits per heavy atom. The third-order valence-electron chi connectivity index (χ3n) is 1.95. The van der Waals surface area contributed by atoms with Crippen LogP contribution in [0.2, 0.25) is 0 Å². The normalized spacial score (nSPS) is 14.8. The van der Waals surface area contributed by atoms with E-state index < -0.39 is 0 Å². The van der Waals surface area contributed by atoms with Crippen LogP contribution in [0.5, 0.6) is 0 Å². The minimum Gasteiger partial charge on any atom is -0.378 e. The van der Waals surface area contributed by atoms with Gasteiger partial charge < -0.3 is 4.74 Å². The largest absolute Gasteiger partial charge is 0.378 e. The predicted octanol–water partition coefficient (Wildman–Crippen LogP) is 1.45. The molecule has 0 amide bonds. The van der Waals surface area contributed by atoms with Gasteiger partial charge in [0.25, 0.3) is 0 Å². The Labute approximate surface area is 71.6 Å². The molecule has 1 aliphatic heterocycles. The number of aromatic nitrogens is 2. The molecule has 3 nitrogen and oxygen atoms in total. The zero-order valence-electron chi connectivity index (χ0n) is 7.16. The van der Waals surface area contributed by atoms with Gasteiger partial charge >= 0.3 is 0 Å². The Kier molecular flexibility index (Phi) is 1.96. The summed E-state index contributed by atoms with van der Waals surface area (Å²) in [6, 6.07) is 2.07. The van der Waals surface area contributed by atoms with E-state index in [4.69, 9.17) is 4.74 Å². The standard InChI is InChI=1S/C9H12N2O/c1-12-7-8-6-9-4-2-3-5-11(9)10-8/h2,4,6H,3,5,7H2,1H3. The summed E-state index contributed by atoms with van der Waals surface area (Å²) in [5.74, 6) is 0. The highest BCUT2D eigenvalue weighted by molar-refractivity contribution is 5.46. The number of aryl methyl sites for hydroxylation is 1. The molecule has 12 heavy (non-hydrogen) atoms. The molecule has 0 aromatic carbocycles. The van der Waals surface area contributed by atoms with Gasteiger partial charge in [0.05, 0.1) is 18.0 Å². The molecule has 64 valence electrons. The van der Waals surface area contributed by atoms with E-state index in [2.05, 4.69) is 23.3 Å². The number of allylic oxidation sites excluding steroid dienone is 1. The Hall–Kier alpha value is -1.09. The molecular formula is C9H12N2O. The molecule has 0 N–H and O–H groups in total. The lowest BCUT2D eigenvalue weighted by Gasteiger charge is -2.05. The smallest absolute Gasteiger partial charge is 0.0902 e. The van der Waals surface area contributed by atoms with E-state index in [9.17, 15) is 0 Å². The Bertz CT molecular complexity index is 301. The Balaban J connectivity index is 2.27. The zero-order chi connectivity index (χ0) is 8.39. The third-order valence-corrected chi connectivity index (χ3v) is 1.95. The number of rotatable bonds is 2. The molecule has 0 fully saturated rings. The summed E-state index contributed by atoms with van der Waals surface area (Å²) in [5.41, 5.74) is 2.20. The first-order valence-electron chi connectivity index (χ1n) is 4.12. The highest BCUT2D eigenvalue weighted by Crippen LogP contribution is 2.13. The molecule has 0 saturated carbocycles. The number of hydrogen-bond acceptors (Lipinski definition) is 2. The molecule has 3 heteroatoms. The van der Waals surface area contributed by atoms with Crippen LogP contribution in [0.1, 0.15) is 17.8 Å². The molecule has 1 aromatic rings. The van der Waals surface area contributed by atoms with Gasteiger partial charge in [-0.15, -0.1) is 0 Å². The van der Waals surface area contributed by atoms with Crippen molar-refractivity contribution in [3.05, 3.63) is 23.5 Å². The number of fused-ring (bicyclic) bond motifs is 1. The summed E-state index contributed by atoms with van der Waals surface area (Å²) >= 11 is 0. The van der Waals surface area contributed by atoms with E-state index in [0.717, 1.165) is 18.7 Å². The maximum absolute atomic E-state index is 5.01. The number of ether oxygens (including phenoxy) is 1. The molecule has 0 unspecified atom stereocenters. The molecule has 0 saturated heterocycles. The van der Waals surface area contributed by atoms with Crippen molar-refractivity contribution in [2.45, 2.75) is 19.6 Å². The maximum atomic E-state index is 5.01. The first-order chi connectivity index (χ1) is 5.90. The Morgan fingerprint density at radius 2 is 2.58 bits per heavy atom. The van der Waals surface area contributed by atoms with Crippen LogP contribution >= 0.6 is 0 Å². The molecule has 0 bridgehead atoms. The second-order valence-electron chi connectivity index (χ2n) is 2.91. The number of methoxy groups -OCH3 is 1. The van der Waals surface area contributed by atoms with Crippen molar-refractivity contribution in [2.24, 2.45) is 0 Å². The van der Waals surface area contributed by atoms with Gasteiger partial charge in [-0.1, -0.05) is 6.08 Å². The van der Waals surface area contributed by atoms with E-state index in [0.29, 0.717) is 6.61 Å². The molecule has 2 rings (SSSR count). The van der Waals surface area contributed by atoms with Gasteiger partial charge in [-0.05, 0) is 18.6 Å². The lowest BCUT2D eigenvalue weighted by molar-refractivity contribution is 0.180. The van der Waals surface area contributed by atoms with Gasteiger partial charge in [0.1, 0.15) is 0 Å². The first kappa shape index (κ1) is 7.55. The zero-order valence-corrected chi connectivity index (χ0v) is 7.16. The fourth-order valence-corrected chi connectivity index (χ4v) is 1.42. The van der Waals surface area contributed by atoms with Crippen molar-refractivity contribution < 1.29 is 4.74 Å². The van der Waals surface area contributed by atoms with Crippen molar-refractivity contribution in [1.82, 2.24) is 9.78 Å². The minimum absolute atomic E-state index is 0.605. The monoisotopic (exact) mass is 164 g/mol. The second-order valence-corrected chi connectivity index (χ2v) is 2.91. The third kappa shape index (κ3) is 1.28. The highest BCUT2D eigenvalue weighted by atomic mass is 16.5. The van der Waals surface area contributed by atoms with Gasteiger partial charge in [-0.25, -0.2) is 0 Å². The van der Waals surface area contributed by atoms with Crippen molar-refractivity contribution >= 4 is 6.08 Å². The minimum atomic E-state index is 0.605. The van der Waals surface area contributed by atoms with Crippen molar-refractivity contribution in [3.8, 4) is 0 Å². The fourth-order valence-electron chi connectivity index (χ4n) is 1.42. The van der Waals surface area contributed by atoms with Crippen molar-refractivity contribution in [2.75, 3.05) is 7.11 Å². The van der Waals surface area contributed by atoms with E-state index in [-0.39, 0.29) is 0 Å². The van der Waals surface area contributed by atoms with Crippen LogP contribution in [0, 0.1) is 0 Å². The molecule has 0 aliphatic carbocycles. The van der Waals surface area contributed by atoms with Crippen LogP contribution in [0.15, 0.2) is 12.1 Å². The summed E-state index contributed by atoms with van der Waals surface area (Å²) in [5, 5.41) is 4.38. The van der Waals surface area contributed by atoms with Crippen LogP contribution in [0.3, 0.4) is 0 Å². The summed E-state index contributed by atoms with van der Waals surface area (Å²) in [6.07, 6.45) is 5.37. The van der Waals surface area contributed by atoms with Crippen LogP contribution in [-0.2, 0) is 17.9 Å². The Morgan fingerprint density at radius 1 is 1.67 bits per heavy atom. The van der Waals surface area contributed by atoms with E-state index in [1.165, 1.54) is 5.69 Å². The van der Waals surface area contributed by atoms with Crippen LogP contribution < -0.4 is 0 Å². The van der Waals surface area contributed by atoms with Gasteiger partial charge in [0.15, 0.2) is 0 Å². The van der Waals surface area contributed by atoms with Gasteiger partial charge in [0.2, 0.25) is 0 Å². The predicted molar refractivity (Wildman–Crippen MR) is 46.6 cm³/mol. The highest BCUT2D eigenvalue weighted by Gasteiger charge is 2.06. The molecule has 0 radical (unpaired) electrons. The van der Waals surface area contributed by atoms with E-state index in [1.54, 1.807) is 7.11 Å². The lowest BCUT2D eigenvalue weighted by Crippen LogP contribution is -2.04. The van der Waals surface area contributed by atoms with Gasteiger partial charge in [-0.2, -0.15) is 5.10 Å². The first-order valence-corrected chi connectivity index (χ1v) is 4.12. The van der Waals surface area contributed by atoms with Crippen LogP contribution in [0.25, 0.3) is 6.08 Å². The number of nitrogens with zero attached hydrogens (tertiary/aromatic N) is 2. The van der Waals surface area contributed by atoms with E-state index >= 15 is 0 Å². The van der Waals surface area contributed by atoms with Crippen molar-refractivity contribution in [1.29, 1.82) is 0 Å². The lowest BCUT2D eigenvalue weighted by atomic mass is 10.2. The topological polar surface area (TPSA) is 27.1 Å². The SMILES string of the molecule is COCc1cc2n(n1)CCC=C2. The second kappa shape index (κ2) is 3.11. The van der Waals surface area contributed by atoms with E-state index in [1.807, 2.05) is 4.68 Å². The van der Waals surface area contributed by atoms with Gasteiger partial charge in [0, 0.05) is 13.7 Å². The molecular weight excluding hydrogens is 152 g/mol. The summed E-state index contributed by atoms with van der Waals surface area (Å²) in [6.45, 7) is 1.60. The quantitative estimate of drug-likeness (QED) is 0.661. The average molecular weight is 164 g/mol. The molecule has 2 heterocycles. The van der Waals surface area contributed by atoms with Gasteiger partial charge in [-0.3, -0.25) is 4.68 Å². The molecule has 1 aromatic heterocycles. The summed E-state index contributed by atoms with van der Waals surface area (Å²) in [7, 11) is 1.69. The van der Waals surface area contributed by atoms with Crippen molar-refractivity contribution in [3.63, 3.8) is 0 Å².